The Balaban J connectivity index is 0.00000256. The van der Waals surface area contributed by atoms with Crippen molar-refractivity contribution in [2.24, 2.45) is 12.0 Å². The zero-order chi connectivity index (χ0) is 20.2. The van der Waals surface area contributed by atoms with E-state index in [1.807, 2.05) is 66.2 Å². The molecule has 0 radical (unpaired) electrons. The number of hydrogen-bond acceptors (Lipinski definition) is 4. The van der Waals surface area contributed by atoms with Crippen molar-refractivity contribution in [2.75, 3.05) is 27.2 Å². The van der Waals surface area contributed by atoms with Crippen molar-refractivity contribution in [3.05, 3.63) is 60.2 Å². The largest absolute Gasteiger partial charge is 0.497 e. The van der Waals surface area contributed by atoms with E-state index in [9.17, 15) is 0 Å². The number of halogens is 1. The Kier molecular flexibility index (Phi) is 7.35. The fourth-order valence-electron chi connectivity index (χ4n) is 3.71. The van der Waals surface area contributed by atoms with Gasteiger partial charge in [-0.15, -0.1) is 24.0 Å². The Morgan fingerprint density at radius 1 is 1.27 bits per heavy atom. The molecule has 1 aliphatic rings. The molecule has 1 saturated heterocycles. The molecule has 3 aromatic rings. The molecule has 0 amide bonds. The average molecular weight is 521 g/mol. The minimum Gasteiger partial charge on any atom is -0.497 e. The van der Waals surface area contributed by atoms with E-state index in [1.165, 1.54) is 5.56 Å². The predicted molar refractivity (Wildman–Crippen MR) is 128 cm³/mol. The molecule has 160 valence electrons. The van der Waals surface area contributed by atoms with Crippen molar-refractivity contribution in [3.63, 3.8) is 0 Å². The molecule has 9 heteroatoms. The fourth-order valence-corrected chi connectivity index (χ4v) is 3.71. The number of hydrogen-bond donors (Lipinski definition) is 1. The number of benzene rings is 1. The Morgan fingerprint density at radius 2 is 2.07 bits per heavy atom. The number of methoxy groups -OCH3 is 1. The first-order valence-corrected chi connectivity index (χ1v) is 9.79. The monoisotopic (exact) mass is 521 g/mol. The summed E-state index contributed by atoms with van der Waals surface area (Å²) in [4.78, 5) is 6.77. The third-order valence-electron chi connectivity index (χ3n) is 5.30. The van der Waals surface area contributed by atoms with Gasteiger partial charge in [0.05, 0.1) is 31.2 Å². The molecule has 1 aromatic carbocycles. The Bertz CT molecular complexity index is 979. The lowest BCUT2D eigenvalue weighted by Crippen LogP contribution is -2.39. The summed E-state index contributed by atoms with van der Waals surface area (Å²) >= 11 is 0. The number of nitrogens with one attached hydrogen (secondary N) is 1. The van der Waals surface area contributed by atoms with Gasteiger partial charge in [0.1, 0.15) is 5.75 Å². The van der Waals surface area contributed by atoms with E-state index in [0.29, 0.717) is 12.5 Å². The molecular weight excluding hydrogens is 493 g/mol. The first kappa shape index (κ1) is 22.1. The van der Waals surface area contributed by atoms with Gasteiger partial charge in [0.2, 0.25) is 0 Å². The van der Waals surface area contributed by atoms with E-state index >= 15 is 0 Å². The first-order valence-electron chi connectivity index (χ1n) is 9.79. The van der Waals surface area contributed by atoms with E-state index in [0.717, 1.165) is 42.6 Å². The summed E-state index contributed by atoms with van der Waals surface area (Å²) in [6.07, 6.45) is 7.15. The van der Waals surface area contributed by atoms with Gasteiger partial charge in [-0.3, -0.25) is 9.67 Å². The van der Waals surface area contributed by atoms with Gasteiger partial charge in [-0.05, 0) is 42.3 Å². The van der Waals surface area contributed by atoms with Gasteiger partial charge < -0.3 is 15.0 Å². The van der Waals surface area contributed by atoms with E-state index in [2.05, 4.69) is 31.6 Å². The van der Waals surface area contributed by atoms with Crippen LogP contribution in [0.2, 0.25) is 0 Å². The third kappa shape index (κ3) is 4.94. The molecule has 0 bridgehead atoms. The molecule has 30 heavy (non-hydrogen) atoms. The van der Waals surface area contributed by atoms with Crippen LogP contribution in [0.3, 0.4) is 0 Å². The number of guanidine groups is 1. The molecule has 0 spiro atoms. The van der Waals surface area contributed by atoms with Crippen molar-refractivity contribution in [2.45, 2.75) is 18.9 Å². The summed E-state index contributed by atoms with van der Waals surface area (Å²) in [6.45, 7) is 2.56. The SMILES string of the molecule is CN=C(NCc1ccn(-c2ccc(OC)cc2)n1)N1CCC(c2cnn(C)c2)C1.I. The highest BCUT2D eigenvalue weighted by Crippen LogP contribution is 2.26. The zero-order valence-corrected chi connectivity index (χ0v) is 19.9. The average Bonchev–Trinajstić information content (AvgIpc) is 3.49. The highest BCUT2D eigenvalue weighted by Gasteiger charge is 2.26. The molecule has 0 saturated carbocycles. The van der Waals surface area contributed by atoms with Crippen LogP contribution >= 0.6 is 24.0 Å². The summed E-state index contributed by atoms with van der Waals surface area (Å²) in [7, 11) is 5.45. The topological polar surface area (TPSA) is 72.5 Å². The van der Waals surface area contributed by atoms with Crippen molar-refractivity contribution in [3.8, 4) is 11.4 Å². The van der Waals surface area contributed by atoms with Gasteiger partial charge in [-0.25, -0.2) is 4.68 Å². The summed E-state index contributed by atoms with van der Waals surface area (Å²) in [5.74, 6) is 2.24. The van der Waals surface area contributed by atoms with Crippen LogP contribution in [0.5, 0.6) is 5.75 Å². The minimum absolute atomic E-state index is 0. The zero-order valence-electron chi connectivity index (χ0n) is 17.5. The number of likely N-dealkylation sites (tertiary alicyclic amines) is 1. The molecule has 2 aromatic heterocycles. The molecule has 1 fully saturated rings. The van der Waals surface area contributed by atoms with Gasteiger partial charge in [0.15, 0.2) is 5.96 Å². The van der Waals surface area contributed by atoms with Crippen LogP contribution in [0, 0.1) is 0 Å². The van der Waals surface area contributed by atoms with Gasteiger partial charge in [0.25, 0.3) is 0 Å². The Morgan fingerprint density at radius 3 is 2.73 bits per heavy atom. The van der Waals surface area contributed by atoms with Gasteiger partial charge in [0, 0.05) is 45.5 Å². The van der Waals surface area contributed by atoms with E-state index < -0.39 is 0 Å². The maximum atomic E-state index is 5.21. The fraction of sp³-hybridized carbons (Fsp3) is 0.381. The second-order valence-electron chi connectivity index (χ2n) is 7.23. The van der Waals surface area contributed by atoms with Crippen molar-refractivity contribution < 1.29 is 4.74 Å². The maximum Gasteiger partial charge on any atom is 0.193 e. The number of rotatable bonds is 5. The third-order valence-corrected chi connectivity index (χ3v) is 5.30. The van der Waals surface area contributed by atoms with Gasteiger partial charge in [-0.2, -0.15) is 10.2 Å². The first-order chi connectivity index (χ1) is 14.2. The Labute approximate surface area is 194 Å². The summed E-state index contributed by atoms with van der Waals surface area (Å²) in [5.41, 5.74) is 3.26. The van der Waals surface area contributed by atoms with Gasteiger partial charge in [-0.1, -0.05) is 0 Å². The van der Waals surface area contributed by atoms with E-state index in [-0.39, 0.29) is 24.0 Å². The van der Waals surface area contributed by atoms with Crippen LogP contribution in [-0.4, -0.2) is 57.7 Å². The number of aliphatic imine (C=N–C) groups is 1. The number of nitrogens with zero attached hydrogens (tertiary/aromatic N) is 6. The van der Waals surface area contributed by atoms with Crippen molar-refractivity contribution in [1.29, 1.82) is 0 Å². The lowest BCUT2D eigenvalue weighted by Gasteiger charge is -2.21. The highest BCUT2D eigenvalue weighted by atomic mass is 127. The predicted octanol–water partition coefficient (Wildman–Crippen LogP) is 2.80. The summed E-state index contributed by atoms with van der Waals surface area (Å²) < 4.78 is 8.94. The summed E-state index contributed by atoms with van der Waals surface area (Å²) in [6, 6.07) is 9.87. The standard InChI is InChI=1S/C21H27N7O.HI/c1-22-21(27-10-8-16(15-27)17-12-24-26(2)14-17)23-13-18-9-11-28(25-18)19-4-6-20(29-3)7-5-19;/h4-7,9,11-12,14,16H,8,10,13,15H2,1-3H3,(H,22,23);1H. The molecule has 8 nitrogen and oxygen atoms in total. The van der Waals surface area contributed by atoms with Crippen LogP contribution in [0.1, 0.15) is 23.6 Å². The number of ether oxygens (including phenoxy) is 1. The smallest absolute Gasteiger partial charge is 0.193 e. The molecule has 1 aliphatic heterocycles. The van der Waals surface area contributed by atoms with E-state index in [4.69, 9.17) is 4.74 Å². The molecule has 1 atom stereocenters. The lowest BCUT2D eigenvalue weighted by molar-refractivity contribution is 0.414. The molecule has 4 rings (SSSR count). The van der Waals surface area contributed by atoms with Crippen molar-refractivity contribution in [1.82, 2.24) is 29.8 Å². The van der Waals surface area contributed by atoms with Crippen molar-refractivity contribution >= 4 is 29.9 Å². The maximum absolute atomic E-state index is 5.21. The van der Waals surface area contributed by atoms with Crippen LogP contribution < -0.4 is 10.1 Å². The number of aryl methyl sites for hydroxylation is 1. The molecule has 0 aliphatic carbocycles. The van der Waals surface area contributed by atoms with Crippen LogP contribution in [0.4, 0.5) is 0 Å². The normalized spacial score (nSPS) is 16.4. The lowest BCUT2D eigenvalue weighted by atomic mass is 10.0. The van der Waals surface area contributed by atoms with Crippen LogP contribution in [-0.2, 0) is 13.6 Å². The van der Waals surface area contributed by atoms with Gasteiger partial charge >= 0.3 is 0 Å². The minimum atomic E-state index is 0. The second-order valence-corrected chi connectivity index (χ2v) is 7.23. The molecule has 1 N–H and O–H groups in total. The molecule has 1 unspecified atom stereocenters. The van der Waals surface area contributed by atoms with Crippen LogP contribution in [0.25, 0.3) is 5.69 Å². The molecule has 3 heterocycles. The van der Waals surface area contributed by atoms with E-state index in [1.54, 1.807) is 7.11 Å². The summed E-state index contributed by atoms with van der Waals surface area (Å²) in [5, 5.41) is 12.4. The van der Waals surface area contributed by atoms with Crippen LogP contribution in [0.15, 0.2) is 53.9 Å². The quantitative estimate of drug-likeness (QED) is 0.318. The Hall–Kier alpha value is -2.56. The second kappa shape index (κ2) is 9.96. The molecular formula is C21H28IN7O. The number of aromatic nitrogens is 4. The highest BCUT2D eigenvalue weighted by molar-refractivity contribution is 14.0.